The lowest BCUT2D eigenvalue weighted by Crippen LogP contribution is -2.44. The zero-order chi connectivity index (χ0) is 18.1. The number of carboxylic acid groups (broad SMARTS) is 1. The third-order valence-electron chi connectivity index (χ3n) is 5.59. The summed E-state index contributed by atoms with van der Waals surface area (Å²) in [6.07, 6.45) is 11.0. The molecular formula is C19H34N2O4. The average molecular weight is 354 g/mol. The van der Waals surface area contributed by atoms with E-state index in [1.807, 2.05) is 0 Å². The van der Waals surface area contributed by atoms with Crippen LogP contribution >= 0.6 is 0 Å². The second-order valence-corrected chi connectivity index (χ2v) is 7.50. The first-order valence-corrected chi connectivity index (χ1v) is 10.0. The van der Waals surface area contributed by atoms with E-state index in [-0.39, 0.29) is 12.3 Å². The average Bonchev–Trinajstić information content (AvgIpc) is 3.18. The van der Waals surface area contributed by atoms with E-state index in [0.29, 0.717) is 30.5 Å². The monoisotopic (exact) mass is 354 g/mol. The van der Waals surface area contributed by atoms with Crippen molar-refractivity contribution in [2.45, 2.75) is 89.8 Å². The summed E-state index contributed by atoms with van der Waals surface area (Å²) in [5.41, 5.74) is 5.95. The lowest BCUT2D eigenvalue weighted by atomic mass is 9.76. The lowest BCUT2D eigenvalue weighted by Gasteiger charge is -2.28. The molecule has 0 aromatic carbocycles. The number of rotatable bonds is 13. The number of carbonyl (C=O) groups excluding carboxylic acids is 1. The van der Waals surface area contributed by atoms with Gasteiger partial charge in [0, 0.05) is 25.3 Å². The predicted octanol–water partition coefficient (Wildman–Crippen LogP) is 3.02. The normalized spacial score (nSPS) is 27.6. The van der Waals surface area contributed by atoms with Crippen molar-refractivity contribution in [1.82, 2.24) is 10.9 Å². The van der Waals surface area contributed by atoms with Gasteiger partial charge in [-0.2, -0.15) is 0 Å². The maximum absolute atomic E-state index is 11.7. The van der Waals surface area contributed by atoms with Gasteiger partial charge in [-0.05, 0) is 38.0 Å². The zero-order valence-corrected chi connectivity index (χ0v) is 15.5. The van der Waals surface area contributed by atoms with E-state index < -0.39 is 5.97 Å². The first-order chi connectivity index (χ1) is 12.1. The molecule has 2 saturated heterocycles. The number of hydrazine groups is 1. The van der Waals surface area contributed by atoms with Crippen LogP contribution in [0.3, 0.4) is 0 Å². The Morgan fingerprint density at radius 1 is 1.00 bits per heavy atom. The smallest absolute Gasteiger partial charge is 0.303 e. The maximum atomic E-state index is 11.7. The van der Waals surface area contributed by atoms with Crippen molar-refractivity contribution in [3.63, 3.8) is 0 Å². The van der Waals surface area contributed by atoms with Crippen molar-refractivity contribution < 1.29 is 19.4 Å². The Morgan fingerprint density at radius 3 is 2.44 bits per heavy atom. The molecule has 2 heterocycles. The van der Waals surface area contributed by atoms with Crippen LogP contribution in [0.1, 0.15) is 77.6 Å². The van der Waals surface area contributed by atoms with Gasteiger partial charge in [0.15, 0.2) is 0 Å². The van der Waals surface area contributed by atoms with Crippen LogP contribution in [0.25, 0.3) is 0 Å². The number of aliphatic carboxylic acids is 1. The van der Waals surface area contributed by atoms with Crippen molar-refractivity contribution >= 4 is 11.9 Å². The second-order valence-electron chi connectivity index (χ2n) is 7.50. The molecule has 2 fully saturated rings. The van der Waals surface area contributed by atoms with Gasteiger partial charge in [0.2, 0.25) is 5.91 Å². The van der Waals surface area contributed by atoms with E-state index in [1.165, 1.54) is 0 Å². The Hall–Kier alpha value is -1.14. The van der Waals surface area contributed by atoms with Crippen molar-refractivity contribution in [3.05, 3.63) is 0 Å². The van der Waals surface area contributed by atoms with Crippen molar-refractivity contribution in [3.8, 4) is 0 Å². The number of fused-ring (bicyclic) bond motifs is 2. The molecule has 2 rings (SSSR count). The number of unbranched alkanes of at least 4 members (excludes halogenated alkanes) is 4. The van der Waals surface area contributed by atoms with Gasteiger partial charge >= 0.3 is 5.97 Å². The molecule has 144 valence electrons. The minimum absolute atomic E-state index is 0.0703. The molecule has 0 saturated carbocycles. The predicted molar refractivity (Wildman–Crippen MR) is 95.9 cm³/mol. The fourth-order valence-electron chi connectivity index (χ4n) is 4.23. The van der Waals surface area contributed by atoms with Crippen LogP contribution < -0.4 is 10.9 Å². The molecule has 2 bridgehead atoms. The van der Waals surface area contributed by atoms with Gasteiger partial charge in [-0.3, -0.25) is 15.0 Å². The molecule has 1 amide bonds. The highest BCUT2D eigenvalue weighted by Crippen LogP contribution is 2.45. The van der Waals surface area contributed by atoms with E-state index in [4.69, 9.17) is 9.84 Å². The van der Waals surface area contributed by atoms with Crippen molar-refractivity contribution in [2.75, 3.05) is 6.54 Å². The summed E-state index contributed by atoms with van der Waals surface area (Å²) in [6, 6.07) is 0. The molecule has 6 heteroatoms. The van der Waals surface area contributed by atoms with Crippen LogP contribution in [0, 0.1) is 11.8 Å². The Morgan fingerprint density at radius 2 is 1.72 bits per heavy atom. The molecule has 0 radical (unpaired) electrons. The second kappa shape index (κ2) is 10.8. The molecular weight excluding hydrogens is 320 g/mol. The summed E-state index contributed by atoms with van der Waals surface area (Å²) < 4.78 is 6.10. The van der Waals surface area contributed by atoms with Gasteiger partial charge in [-0.1, -0.05) is 32.6 Å². The molecule has 4 atom stereocenters. The van der Waals surface area contributed by atoms with Gasteiger partial charge in [0.1, 0.15) is 0 Å². The summed E-state index contributed by atoms with van der Waals surface area (Å²) in [5.74, 6) is 0.414. The van der Waals surface area contributed by atoms with Gasteiger partial charge in [-0.15, -0.1) is 0 Å². The summed E-state index contributed by atoms with van der Waals surface area (Å²) in [4.78, 5) is 22.2. The molecule has 3 N–H and O–H groups in total. The van der Waals surface area contributed by atoms with E-state index in [0.717, 1.165) is 64.3 Å². The van der Waals surface area contributed by atoms with Crippen LogP contribution in [-0.2, 0) is 14.3 Å². The van der Waals surface area contributed by atoms with Crippen LogP contribution in [0.15, 0.2) is 0 Å². The topological polar surface area (TPSA) is 87.7 Å². The van der Waals surface area contributed by atoms with Crippen LogP contribution in [0.4, 0.5) is 0 Å². The molecule has 6 nitrogen and oxygen atoms in total. The molecule has 2 aliphatic rings. The Labute approximate surface area is 151 Å². The first kappa shape index (κ1) is 20.2. The molecule has 0 spiro atoms. The maximum Gasteiger partial charge on any atom is 0.303 e. The van der Waals surface area contributed by atoms with Crippen molar-refractivity contribution in [2.24, 2.45) is 11.8 Å². The van der Waals surface area contributed by atoms with E-state index in [1.54, 1.807) is 0 Å². The fraction of sp³-hybridized carbons (Fsp3) is 0.895. The van der Waals surface area contributed by atoms with Crippen LogP contribution in [-0.4, -0.2) is 35.7 Å². The minimum atomic E-state index is -0.700. The Bertz CT molecular complexity index is 430. The highest BCUT2D eigenvalue weighted by atomic mass is 16.5. The highest BCUT2D eigenvalue weighted by Gasteiger charge is 2.47. The lowest BCUT2D eigenvalue weighted by molar-refractivity contribution is -0.137. The molecule has 0 aliphatic carbocycles. The van der Waals surface area contributed by atoms with Gasteiger partial charge in [-0.25, -0.2) is 5.43 Å². The quantitative estimate of drug-likeness (QED) is 0.349. The molecule has 4 unspecified atom stereocenters. The number of hydrogen-bond donors (Lipinski definition) is 3. The SMILES string of the molecule is CCCCC(=O)NNCC1C2CCC(O2)C1CCCCCCC(=O)O. The van der Waals surface area contributed by atoms with E-state index in [9.17, 15) is 9.59 Å². The summed E-state index contributed by atoms with van der Waals surface area (Å²) in [6.45, 7) is 2.86. The summed E-state index contributed by atoms with van der Waals surface area (Å²) in [5, 5.41) is 8.66. The zero-order valence-electron chi connectivity index (χ0n) is 15.5. The van der Waals surface area contributed by atoms with Crippen LogP contribution in [0.2, 0.25) is 0 Å². The minimum Gasteiger partial charge on any atom is -0.481 e. The fourth-order valence-corrected chi connectivity index (χ4v) is 4.23. The third-order valence-corrected chi connectivity index (χ3v) is 5.59. The molecule has 2 aliphatic heterocycles. The van der Waals surface area contributed by atoms with Gasteiger partial charge in [0.05, 0.1) is 12.2 Å². The molecule has 0 aromatic heterocycles. The number of carbonyl (C=O) groups is 2. The molecule has 0 aromatic rings. The van der Waals surface area contributed by atoms with Crippen molar-refractivity contribution in [1.29, 1.82) is 0 Å². The largest absolute Gasteiger partial charge is 0.481 e. The van der Waals surface area contributed by atoms with E-state index >= 15 is 0 Å². The van der Waals surface area contributed by atoms with Gasteiger partial charge in [0.25, 0.3) is 0 Å². The Balaban J connectivity index is 1.64. The number of ether oxygens (including phenoxy) is 1. The number of hydrogen-bond acceptors (Lipinski definition) is 4. The van der Waals surface area contributed by atoms with Gasteiger partial charge < -0.3 is 9.84 Å². The van der Waals surface area contributed by atoms with E-state index in [2.05, 4.69) is 17.8 Å². The summed E-state index contributed by atoms with van der Waals surface area (Å²) >= 11 is 0. The Kier molecular flexibility index (Phi) is 8.68. The van der Waals surface area contributed by atoms with Crippen LogP contribution in [0.5, 0.6) is 0 Å². The first-order valence-electron chi connectivity index (χ1n) is 10.0. The highest BCUT2D eigenvalue weighted by molar-refractivity contribution is 5.75. The summed E-state index contributed by atoms with van der Waals surface area (Å²) in [7, 11) is 0. The number of nitrogens with one attached hydrogen (secondary N) is 2. The molecule has 25 heavy (non-hydrogen) atoms. The number of amides is 1. The number of carboxylic acids is 1. The standard InChI is InChI=1S/C19H34N2O4/c1-2-3-9-18(22)21-20-13-15-14(16-11-12-17(15)25-16)8-6-4-5-7-10-19(23)24/h14-17,20H,2-13H2,1H3,(H,21,22)(H,23,24). The third kappa shape index (κ3) is 6.59.